The second kappa shape index (κ2) is 6.87. The van der Waals surface area contributed by atoms with Crippen molar-refractivity contribution in [3.63, 3.8) is 0 Å². The largest absolute Gasteiger partial charge is 0.508 e. The van der Waals surface area contributed by atoms with E-state index in [4.69, 9.17) is 4.74 Å². The second-order valence-corrected chi connectivity index (χ2v) is 8.01. The molecule has 0 radical (unpaired) electrons. The third-order valence-corrected chi connectivity index (χ3v) is 6.20. The van der Waals surface area contributed by atoms with Crippen LogP contribution >= 0.6 is 0 Å². The number of aromatic hydroxyl groups is 2. The van der Waals surface area contributed by atoms with Crippen molar-refractivity contribution < 1.29 is 29.6 Å². The monoisotopic (exact) mass is 418 g/mol. The quantitative estimate of drug-likeness (QED) is 0.542. The number of hydrogen-bond acceptors (Lipinski definition) is 5. The number of aryl methyl sites for hydroxylation is 2. The summed E-state index contributed by atoms with van der Waals surface area (Å²) in [6, 6.07) is 10.9. The summed E-state index contributed by atoms with van der Waals surface area (Å²) in [5, 5.41) is 30.6. The molecule has 0 fully saturated rings. The summed E-state index contributed by atoms with van der Waals surface area (Å²) in [7, 11) is 0. The number of ether oxygens (including phenoxy) is 1. The molecular weight excluding hydrogens is 396 g/mol. The van der Waals surface area contributed by atoms with Gasteiger partial charge in [0.2, 0.25) is 0 Å². The fourth-order valence-electron chi connectivity index (χ4n) is 4.08. The van der Waals surface area contributed by atoms with Gasteiger partial charge < -0.3 is 20.1 Å². The van der Waals surface area contributed by atoms with Crippen molar-refractivity contribution in [1.29, 1.82) is 0 Å². The molecule has 1 aliphatic rings. The van der Waals surface area contributed by atoms with Crippen LogP contribution in [0.15, 0.2) is 42.5 Å². The number of hydrogen-bond donors (Lipinski definition) is 3. The average Bonchev–Trinajstić information content (AvgIpc) is 3.02. The van der Waals surface area contributed by atoms with Crippen LogP contribution in [0.3, 0.4) is 0 Å². The van der Waals surface area contributed by atoms with E-state index in [-0.39, 0.29) is 22.6 Å². The Morgan fingerprint density at radius 3 is 1.81 bits per heavy atom. The van der Waals surface area contributed by atoms with E-state index in [2.05, 4.69) is 0 Å². The summed E-state index contributed by atoms with van der Waals surface area (Å²) in [4.78, 5) is 24.6. The Kier molecular flexibility index (Phi) is 4.54. The van der Waals surface area contributed by atoms with E-state index in [0.29, 0.717) is 27.8 Å². The Morgan fingerprint density at radius 1 is 0.839 bits per heavy atom. The number of esters is 1. The van der Waals surface area contributed by atoms with E-state index in [1.165, 1.54) is 30.3 Å². The minimum atomic E-state index is -1.52. The normalized spacial score (nSPS) is 14.3. The van der Waals surface area contributed by atoms with Gasteiger partial charge in [0, 0.05) is 16.7 Å². The molecule has 6 nitrogen and oxygen atoms in total. The zero-order valence-corrected chi connectivity index (χ0v) is 17.6. The highest BCUT2D eigenvalue weighted by Crippen LogP contribution is 2.49. The van der Waals surface area contributed by atoms with E-state index < -0.39 is 17.5 Å². The molecule has 31 heavy (non-hydrogen) atoms. The minimum Gasteiger partial charge on any atom is -0.508 e. The van der Waals surface area contributed by atoms with Gasteiger partial charge in [-0.15, -0.1) is 0 Å². The van der Waals surface area contributed by atoms with Crippen LogP contribution in [0, 0.1) is 27.7 Å². The molecule has 0 saturated heterocycles. The van der Waals surface area contributed by atoms with E-state index >= 15 is 0 Å². The van der Waals surface area contributed by atoms with E-state index in [1.54, 1.807) is 26.0 Å². The maximum atomic E-state index is 12.9. The first-order valence-corrected chi connectivity index (χ1v) is 9.78. The molecule has 158 valence electrons. The number of carboxylic acid groups (broad SMARTS) is 1. The number of rotatable bonds is 3. The molecular formula is C25H22O6. The van der Waals surface area contributed by atoms with Crippen molar-refractivity contribution in [2.75, 3.05) is 0 Å². The Labute approximate surface area is 179 Å². The third kappa shape index (κ3) is 2.94. The van der Waals surface area contributed by atoms with Crippen molar-refractivity contribution in [2.45, 2.75) is 33.3 Å². The first-order chi connectivity index (χ1) is 14.6. The van der Waals surface area contributed by atoms with Crippen LogP contribution in [0.2, 0.25) is 0 Å². The summed E-state index contributed by atoms with van der Waals surface area (Å²) in [6.07, 6.45) is 0. The van der Waals surface area contributed by atoms with Crippen LogP contribution in [0.4, 0.5) is 0 Å². The lowest BCUT2D eigenvalue weighted by molar-refractivity contribution is 0.0249. The molecule has 0 unspecified atom stereocenters. The molecule has 0 amide bonds. The Balaban J connectivity index is 2.15. The average molecular weight is 418 g/mol. The number of phenols is 2. The summed E-state index contributed by atoms with van der Waals surface area (Å²) in [6.45, 7) is 7.21. The molecule has 3 aromatic carbocycles. The van der Waals surface area contributed by atoms with Gasteiger partial charge in [0.25, 0.3) is 0 Å². The maximum Gasteiger partial charge on any atom is 0.340 e. The topological polar surface area (TPSA) is 104 Å². The highest BCUT2D eigenvalue weighted by atomic mass is 16.6. The van der Waals surface area contributed by atoms with Gasteiger partial charge in [-0.05, 0) is 80.3 Å². The molecule has 4 rings (SSSR count). The van der Waals surface area contributed by atoms with E-state index in [0.717, 1.165) is 11.1 Å². The standard InChI is InChI=1S/C25H22O6/c1-12-7-17(10-21(26)14(12)3)25(18-8-13(2)15(4)22(27)11-18)20-9-16(23(28)29)5-6-19(20)24(30)31-25/h5-11,26-27H,1-4H3,(H,28,29). The van der Waals surface area contributed by atoms with Gasteiger partial charge in [0.15, 0.2) is 5.60 Å². The number of carbonyl (C=O) groups excluding carboxylic acids is 1. The molecule has 0 aromatic heterocycles. The number of cyclic esters (lactones) is 1. The summed E-state index contributed by atoms with van der Waals surface area (Å²) in [5.41, 5.74) is 2.92. The number of fused-ring (bicyclic) bond motifs is 1. The predicted octanol–water partition coefficient (Wildman–Crippen LogP) is 4.49. The van der Waals surface area contributed by atoms with Crippen LogP contribution in [-0.2, 0) is 10.3 Å². The lowest BCUT2D eigenvalue weighted by atomic mass is 9.77. The summed E-state index contributed by atoms with van der Waals surface area (Å²) in [5.74, 6) is -1.69. The zero-order chi connectivity index (χ0) is 22.7. The zero-order valence-electron chi connectivity index (χ0n) is 17.6. The SMILES string of the molecule is Cc1cc(C2(c3cc(C)c(C)c(O)c3)OC(=O)c3ccc(C(=O)O)cc32)cc(O)c1C. The van der Waals surface area contributed by atoms with Gasteiger partial charge in [0.05, 0.1) is 11.1 Å². The minimum absolute atomic E-state index is 0.00235. The van der Waals surface area contributed by atoms with Gasteiger partial charge in [0.1, 0.15) is 11.5 Å². The maximum absolute atomic E-state index is 12.9. The van der Waals surface area contributed by atoms with Crippen molar-refractivity contribution in [2.24, 2.45) is 0 Å². The van der Waals surface area contributed by atoms with Crippen molar-refractivity contribution in [3.05, 3.63) is 92.5 Å². The lowest BCUT2D eigenvalue weighted by Gasteiger charge is -2.32. The summed E-state index contributed by atoms with van der Waals surface area (Å²) >= 11 is 0. The highest BCUT2D eigenvalue weighted by Gasteiger charge is 2.49. The Bertz CT molecular complexity index is 1170. The number of benzene rings is 3. The molecule has 0 spiro atoms. The van der Waals surface area contributed by atoms with Crippen LogP contribution < -0.4 is 0 Å². The van der Waals surface area contributed by atoms with Gasteiger partial charge >= 0.3 is 11.9 Å². The highest BCUT2D eigenvalue weighted by molar-refractivity contribution is 5.98. The number of aromatic carboxylic acids is 1. The van der Waals surface area contributed by atoms with Crippen LogP contribution in [-0.4, -0.2) is 27.3 Å². The van der Waals surface area contributed by atoms with E-state index in [9.17, 15) is 24.9 Å². The Morgan fingerprint density at radius 2 is 1.35 bits per heavy atom. The second-order valence-electron chi connectivity index (χ2n) is 8.01. The predicted molar refractivity (Wildman–Crippen MR) is 114 cm³/mol. The first-order valence-electron chi connectivity index (χ1n) is 9.78. The lowest BCUT2D eigenvalue weighted by Crippen LogP contribution is -2.30. The molecule has 0 saturated carbocycles. The van der Waals surface area contributed by atoms with E-state index in [1.807, 2.05) is 13.8 Å². The molecule has 3 N–H and O–H groups in total. The number of carbonyl (C=O) groups is 2. The molecule has 0 atom stereocenters. The van der Waals surface area contributed by atoms with Crippen LogP contribution in [0.5, 0.6) is 11.5 Å². The third-order valence-electron chi connectivity index (χ3n) is 6.20. The number of carboxylic acids is 1. The first kappa shape index (κ1) is 20.5. The summed E-state index contributed by atoms with van der Waals surface area (Å²) < 4.78 is 5.97. The van der Waals surface area contributed by atoms with Crippen LogP contribution in [0.1, 0.15) is 59.7 Å². The van der Waals surface area contributed by atoms with Gasteiger partial charge in [-0.1, -0.05) is 12.1 Å². The smallest absolute Gasteiger partial charge is 0.340 e. The van der Waals surface area contributed by atoms with Gasteiger partial charge in [-0.2, -0.15) is 0 Å². The molecule has 6 heteroatoms. The molecule has 1 aliphatic heterocycles. The van der Waals surface area contributed by atoms with Crippen molar-refractivity contribution in [3.8, 4) is 11.5 Å². The molecule has 1 heterocycles. The number of phenolic OH excluding ortho intramolecular Hbond substituents is 2. The Hall–Kier alpha value is -3.80. The van der Waals surface area contributed by atoms with Gasteiger partial charge in [-0.3, -0.25) is 0 Å². The van der Waals surface area contributed by atoms with Gasteiger partial charge in [-0.25, -0.2) is 9.59 Å². The fourth-order valence-corrected chi connectivity index (χ4v) is 4.08. The molecule has 3 aromatic rings. The van der Waals surface area contributed by atoms with Crippen LogP contribution in [0.25, 0.3) is 0 Å². The van der Waals surface area contributed by atoms with Crippen molar-refractivity contribution in [1.82, 2.24) is 0 Å². The van der Waals surface area contributed by atoms with Crippen molar-refractivity contribution >= 4 is 11.9 Å². The molecule has 0 aliphatic carbocycles. The fraction of sp³-hybridized carbons (Fsp3) is 0.200. The molecule has 0 bridgehead atoms.